The number of rotatable bonds is 4. The third kappa shape index (κ3) is 2.73. The number of anilines is 1. The van der Waals surface area contributed by atoms with Crippen molar-refractivity contribution in [2.75, 3.05) is 5.32 Å². The minimum absolute atomic E-state index is 0.137. The number of halogens is 1. The van der Waals surface area contributed by atoms with Crippen molar-refractivity contribution in [3.8, 4) is 5.69 Å². The van der Waals surface area contributed by atoms with Crippen LogP contribution in [0.25, 0.3) is 5.69 Å². The van der Waals surface area contributed by atoms with E-state index in [4.69, 9.17) is 11.6 Å². The Hall–Kier alpha value is -2.60. The molecule has 0 aliphatic rings. The summed E-state index contributed by atoms with van der Waals surface area (Å²) >= 11 is 6.05. The van der Waals surface area contributed by atoms with E-state index in [9.17, 15) is 4.79 Å². The Bertz CT molecular complexity index is 841. The first-order valence-electron chi connectivity index (χ1n) is 6.68. The van der Waals surface area contributed by atoms with E-state index in [0.29, 0.717) is 12.2 Å². The standard InChI is InChI=1S/C15H14ClN5O/c1-20-15(22)14(16)12(9-19-20)18-8-11-4-2-3-5-13(11)21-7-6-17-10-21/h2-7,9-10,18H,8H2,1H3. The molecule has 7 heteroatoms. The molecule has 0 atom stereocenters. The summed E-state index contributed by atoms with van der Waals surface area (Å²) in [4.78, 5) is 15.8. The number of hydrogen-bond donors (Lipinski definition) is 1. The predicted molar refractivity (Wildman–Crippen MR) is 85.4 cm³/mol. The van der Waals surface area contributed by atoms with Crippen molar-refractivity contribution < 1.29 is 0 Å². The fourth-order valence-corrected chi connectivity index (χ4v) is 2.38. The molecule has 1 aromatic carbocycles. The minimum atomic E-state index is -0.324. The summed E-state index contributed by atoms with van der Waals surface area (Å²) in [5.74, 6) is 0. The van der Waals surface area contributed by atoms with Gasteiger partial charge in [0.2, 0.25) is 0 Å². The van der Waals surface area contributed by atoms with Gasteiger partial charge in [-0.05, 0) is 11.6 Å². The maximum Gasteiger partial charge on any atom is 0.287 e. The van der Waals surface area contributed by atoms with E-state index in [1.807, 2.05) is 35.0 Å². The first-order chi connectivity index (χ1) is 10.7. The second-order valence-corrected chi connectivity index (χ2v) is 5.13. The molecule has 0 saturated carbocycles. The zero-order valence-electron chi connectivity index (χ0n) is 11.9. The third-order valence-electron chi connectivity index (χ3n) is 3.32. The maximum absolute atomic E-state index is 11.8. The average Bonchev–Trinajstić information content (AvgIpc) is 3.06. The van der Waals surface area contributed by atoms with Gasteiger partial charge >= 0.3 is 0 Å². The van der Waals surface area contributed by atoms with Crippen LogP contribution in [0.5, 0.6) is 0 Å². The largest absolute Gasteiger partial charge is 0.378 e. The topological polar surface area (TPSA) is 64.7 Å². The van der Waals surface area contributed by atoms with Gasteiger partial charge in [0, 0.05) is 26.0 Å². The number of aromatic nitrogens is 4. The van der Waals surface area contributed by atoms with Gasteiger partial charge in [0.15, 0.2) is 0 Å². The summed E-state index contributed by atoms with van der Waals surface area (Å²) in [7, 11) is 1.56. The molecular weight excluding hydrogens is 302 g/mol. The van der Waals surface area contributed by atoms with Crippen molar-refractivity contribution in [3.63, 3.8) is 0 Å². The zero-order valence-corrected chi connectivity index (χ0v) is 12.7. The van der Waals surface area contributed by atoms with Gasteiger partial charge in [-0.1, -0.05) is 29.8 Å². The number of aryl methyl sites for hydroxylation is 1. The molecule has 0 saturated heterocycles. The van der Waals surface area contributed by atoms with Crippen LogP contribution in [-0.4, -0.2) is 19.3 Å². The van der Waals surface area contributed by atoms with E-state index in [-0.39, 0.29) is 10.6 Å². The monoisotopic (exact) mass is 315 g/mol. The maximum atomic E-state index is 11.8. The van der Waals surface area contributed by atoms with E-state index in [1.54, 1.807) is 25.8 Å². The number of imidazole rings is 1. The van der Waals surface area contributed by atoms with Crippen molar-refractivity contribution in [3.05, 3.63) is 70.1 Å². The fraction of sp³-hybridized carbons (Fsp3) is 0.133. The van der Waals surface area contributed by atoms with Crippen molar-refractivity contribution in [1.82, 2.24) is 19.3 Å². The Kier molecular flexibility index (Phi) is 3.93. The van der Waals surface area contributed by atoms with Crippen molar-refractivity contribution in [2.24, 2.45) is 7.05 Å². The molecule has 0 aliphatic carbocycles. The van der Waals surface area contributed by atoms with Crippen LogP contribution in [0, 0.1) is 0 Å². The highest BCUT2D eigenvalue weighted by Crippen LogP contribution is 2.19. The Morgan fingerprint density at radius 2 is 2.14 bits per heavy atom. The average molecular weight is 316 g/mol. The van der Waals surface area contributed by atoms with Crippen LogP contribution in [0.3, 0.4) is 0 Å². The molecular formula is C15H14ClN5O. The van der Waals surface area contributed by atoms with Gasteiger partial charge in [0.25, 0.3) is 5.56 Å². The normalized spacial score (nSPS) is 10.6. The molecule has 2 heterocycles. The summed E-state index contributed by atoms with van der Waals surface area (Å²) in [5.41, 5.74) is 2.26. The zero-order chi connectivity index (χ0) is 15.5. The highest BCUT2D eigenvalue weighted by molar-refractivity contribution is 6.32. The Balaban J connectivity index is 1.87. The first kappa shape index (κ1) is 14.3. The van der Waals surface area contributed by atoms with Crippen LogP contribution in [0.4, 0.5) is 5.69 Å². The third-order valence-corrected chi connectivity index (χ3v) is 3.69. The molecule has 112 valence electrons. The van der Waals surface area contributed by atoms with Crippen molar-refractivity contribution in [2.45, 2.75) is 6.54 Å². The summed E-state index contributed by atoms with van der Waals surface area (Å²) in [6.45, 7) is 0.517. The quantitative estimate of drug-likeness (QED) is 0.802. The van der Waals surface area contributed by atoms with Crippen LogP contribution in [-0.2, 0) is 13.6 Å². The number of para-hydroxylation sites is 1. The number of benzene rings is 1. The molecule has 0 spiro atoms. The molecule has 0 radical (unpaired) electrons. The van der Waals surface area contributed by atoms with E-state index < -0.39 is 0 Å². The Morgan fingerprint density at radius 1 is 1.32 bits per heavy atom. The molecule has 22 heavy (non-hydrogen) atoms. The number of nitrogens with one attached hydrogen (secondary N) is 1. The van der Waals surface area contributed by atoms with Crippen LogP contribution in [0.15, 0.2) is 54.0 Å². The Labute approximate surface area is 132 Å². The molecule has 3 aromatic rings. The lowest BCUT2D eigenvalue weighted by atomic mass is 10.1. The molecule has 0 unspecified atom stereocenters. The SMILES string of the molecule is Cn1ncc(NCc2ccccc2-n2ccnc2)c(Cl)c1=O. The van der Waals surface area contributed by atoms with E-state index in [0.717, 1.165) is 11.3 Å². The summed E-state index contributed by atoms with van der Waals surface area (Å²) in [6, 6.07) is 7.93. The van der Waals surface area contributed by atoms with Crippen LogP contribution >= 0.6 is 11.6 Å². The number of nitrogens with zero attached hydrogens (tertiary/aromatic N) is 4. The Morgan fingerprint density at radius 3 is 2.91 bits per heavy atom. The van der Waals surface area contributed by atoms with Crippen LogP contribution in [0.2, 0.25) is 5.02 Å². The second kappa shape index (κ2) is 6.03. The predicted octanol–water partition coefficient (Wildman–Crippen LogP) is 2.23. The van der Waals surface area contributed by atoms with Gasteiger partial charge in [0.05, 0.1) is 23.9 Å². The van der Waals surface area contributed by atoms with Gasteiger partial charge in [-0.2, -0.15) is 5.10 Å². The fourth-order valence-electron chi connectivity index (χ4n) is 2.14. The lowest BCUT2D eigenvalue weighted by Gasteiger charge is -2.12. The first-order valence-corrected chi connectivity index (χ1v) is 7.06. The molecule has 0 amide bonds. The van der Waals surface area contributed by atoms with Gasteiger partial charge in [-0.15, -0.1) is 0 Å². The van der Waals surface area contributed by atoms with Gasteiger partial charge < -0.3 is 9.88 Å². The molecule has 0 aliphatic heterocycles. The minimum Gasteiger partial charge on any atom is -0.378 e. The van der Waals surface area contributed by atoms with E-state index >= 15 is 0 Å². The summed E-state index contributed by atoms with van der Waals surface area (Å²) in [6.07, 6.45) is 6.90. The molecule has 0 fully saturated rings. The highest BCUT2D eigenvalue weighted by atomic mass is 35.5. The lowest BCUT2D eigenvalue weighted by molar-refractivity contribution is 0.708. The van der Waals surface area contributed by atoms with Gasteiger partial charge in [0.1, 0.15) is 5.02 Å². The van der Waals surface area contributed by atoms with E-state index in [2.05, 4.69) is 15.4 Å². The molecule has 2 aromatic heterocycles. The molecule has 6 nitrogen and oxygen atoms in total. The second-order valence-electron chi connectivity index (χ2n) is 4.75. The van der Waals surface area contributed by atoms with Crippen LogP contribution < -0.4 is 10.9 Å². The van der Waals surface area contributed by atoms with Crippen molar-refractivity contribution in [1.29, 1.82) is 0 Å². The van der Waals surface area contributed by atoms with E-state index in [1.165, 1.54) is 4.68 Å². The van der Waals surface area contributed by atoms with Gasteiger partial charge in [-0.25, -0.2) is 9.67 Å². The molecule has 0 bridgehead atoms. The number of hydrogen-bond acceptors (Lipinski definition) is 4. The van der Waals surface area contributed by atoms with Gasteiger partial charge in [-0.3, -0.25) is 4.79 Å². The molecule has 1 N–H and O–H groups in total. The summed E-state index contributed by atoms with van der Waals surface area (Å²) in [5, 5.41) is 7.26. The highest BCUT2D eigenvalue weighted by Gasteiger charge is 2.08. The molecule has 3 rings (SSSR count). The lowest BCUT2D eigenvalue weighted by Crippen LogP contribution is -2.21. The summed E-state index contributed by atoms with van der Waals surface area (Å²) < 4.78 is 3.13. The van der Waals surface area contributed by atoms with Crippen LogP contribution in [0.1, 0.15) is 5.56 Å². The van der Waals surface area contributed by atoms with Crippen molar-refractivity contribution >= 4 is 17.3 Å². The smallest absolute Gasteiger partial charge is 0.287 e.